The van der Waals surface area contributed by atoms with Gasteiger partial charge in [-0.1, -0.05) is 19.1 Å². The molecule has 0 saturated carbocycles. The lowest BCUT2D eigenvalue weighted by Crippen LogP contribution is -2.47. The molecule has 5 heteroatoms. The number of hydrogen-bond acceptors (Lipinski definition) is 3. The van der Waals surface area contributed by atoms with E-state index in [-0.39, 0.29) is 5.54 Å². The summed E-state index contributed by atoms with van der Waals surface area (Å²) < 4.78 is 5.90. The molecule has 0 aliphatic rings. The molecular weight excluding hydrogens is 322 g/mol. The first-order valence-electron chi connectivity index (χ1n) is 6.54. The molecule has 20 heavy (non-hydrogen) atoms. The number of rotatable bonds is 4. The Morgan fingerprint density at radius 2 is 2.05 bits per heavy atom. The van der Waals surface area contributed by atoms with Gasteiger partial charge in [-0.05, 0) is 49.2 Å². The van der Waals surface area contributed by atoms with Gasteiger partial charge in [-0.3, -0.25) is 4.79 Å². The van der Waals surface area contributed by atoms with Crippen LogP contribution < -0.4 is 4.74 Å². The van der Waals surface area contributed by atoms with Crippen molar-refractivity contribution >= 4 is 28.3 Å². The van der Waals surface area contributed by atoms with Crippen molar-refractivity contribution in [2.45, 2.75) is 39.7 Å². The van der Waals surface area contributed by atoms with Crippen LogP contribution in [-0.2, 0) is 0 Å². The highest BCUT2D eigenvalue weighted by molar-refractivity contribution is 9.10. The van der Waals surface area contributed by atoms with Gasteiger partial charge in [-0.15, -0.1) is 0 Å². The third-order valence-electron chi connectivity index (χ3n) is 2.79. The fraction of sp³-hybridized carbons (Fsp3) is 0.467. The predicted octanol–water partition coefficient (Wildman–Crippen LogP) is 4.27. The second kappa shape index (κ2) is 6.88. The standard InChI is InChI=1S/C15H20BrNO3/c1-5-9-17(15(2,3)4)14(19)20-12-8-6-7-11(10-18)13(12)16/h6-8,10H,5,9H2,1-4H3. The van der Waals surface area contributed by atoms with Crippen LogP contribution in [-0.4, -0.2) is 29.4 Å². The van der Waals surface area contributed by atoms with Gasteiger partial charge in [0.2, 0.25) is 0 Å². The highest BCUT2D eigenvalue weighted by atomic mass is 79.9. The Hall–Kier alpha value is -1.36. The molecular formula is C15H20BrNO3. The summed E-state index contributed by atoms with van der Waals surface area (Å²) in [6.45, 7) is 8.50. The molecule has 1 aromatic carbocycles. The van der Waals surface area contributed by atoms with Gasteiger partial charge < -0.3 is 9.64 Å². The Labute approximate surface area is 128 Å². The molecule has 4 nitrogen and oxygen atoms in total. The maximum atomic E-state index is 12.3. The summed E-state index contributed by atoms with van der Waals surface area (Å²) in [7, 11) is 0. The minimum absolute atomic E-state index is 0.318. The maximum Gasteiger partial charge on any atom is 0.415 e. The molecule has 0 aliphatic carbocycles. The van der Waals surface area contributed by atoms with E-state index >= 15 is 0 Å². The van der Waals surface area contributed by atoms with Crippen molar-refractivity contribution < 1.29 is 14.3 Å². The molecule has 0 saturated heterocycles. The molecule has 1 amide bonds. The maximum absolute atomic E-state index is 12.3. The Bertz CT molecular complexity index is 494. The van der Waals surface area contributed by atoms with Crippen LogP contribution in [0.4, 0.5) is 4.79 Å². The minimum Gasteiger partial charge on any atom is -0.409 e. The molecule has 0 N–H and O–H groups in total. The van der Waals surface area contributed by atoms with Gasteiger partial charge in [0.1, 0.15) is 5.75 Å². The Kier molecular flexibility index (Phi) is 5.74. The summed E-state index contributed by atoms with van der Waals surface area (Å²) in [4.78, 5) is 24.8. The molecule has 0 heterocycles. The molecule has 0 bridgehead atoms. The molecule has 0 aliphatic heterocycles. The van der Waals surface area contributed by atoms with Gasteiger partial charge in [0.05, 0.1) is 4.47 Å². The highest BCUT2D eigenvalue weighted by Gasteiger charge is 2.27. The van der Waals surface area contributed by atoms with E-state index in [0.29, 0.717) is 22.3 Å². The van der Waals surface area contributed by atoms with E-state index < -0.39 is 6.09 Å². The number of carbonyl (C=O) groups is 2. The number of halogens is 1. The third kappa shape index (κ3) is 4.07. The molecule has 110 valence electrons. The van der Waals surface area contributed by atoms with Gasteiger partial charge in [-0.2, -0.15) is 0 Å². The highest BCUT2D eigenvalue weighted by Crippen LogP contribution is 2.29. The van der Waals surface area contributed by atoms with Crippen molar-refractivity contribution in [1.82, 2.24) is 4.90 Å². The molecule has 1 aromatic rings. The molecule has 0 spiro atoms. The lowest BCUT2D eigenvalue weighted by Gasteiger charge is -2.34. The predicted molar refractivity (Wildman–Crippen MR) is 82.3 cm³/mol. The fourth-order valence-corrected chi connectivity index (χ4v) is 2.21. The number of nitrogens with zero attached hydrogens (tertiary/aromatic N) is 1. The van der Waals surface area contributed by atoms with Gasteiger partial charge in [0.15, 0.2) is 6.29 Å². The van der Waals surface area contributed by atoms with Crippen LogP contribution in [0.25, 0.3) is 0 Å². The SMILES string of the molecule is CCCN(C(=O)Oc1cccc(C=O)c1Br)C(C)(C)C. The zero-order chi connectivity index (χ0) is 15.3. The van der Waals surface area contributed by atoms with Crippen molar-refractivity contribution in [3.05, 3.63) is 28.2 Å². The smallest absolute Gasteiger partial charge is 0.409 e. The first-order valence-corrected chi connectivity index (χ1v) is 7.33. The van der Waals surface area contributed by atoms with E-state index in [2.05, 4.69) is 15.9 Å². The minimum atomic E-state index is -0.414. The van der Waals surface area contributed by atoms with Gasteiger partial charge in [0.25, 0.3) is 0 Å². The van der Waals surface area contributed by atoms with Crippen LogP contribution in [0.15, 0.2) is 22.7 Å². The third-order valence-corrected chi connectivity index (χ3v) is 3.64. The summed E-state index contributed by atoms with van der Waals surface area (Å²) in [6.07, 6.45) is 1.15. The molecule has 0 aromatic heterocycles. The average Bonchev–Trinajstić information content (AvgIpc) is 2.37. The van der Waals surface area contributed by atoms with Crippen LogP contribution in [0.2, 0.25) is 0 Å². The summed E-state index contributed by atoms with van der Waals surface area (Å²) in [5, 5.41) is 0. The molecule has 1 rings (SSSR count). The lowest BCUT2D eigenvalue weighted by atomic mass is 10.1. The first kappa shape index (κ1) is 16.7. The largest absolute Gasteiger partial charge is 0.415 e. The average molecular weight is 342 g/mol. The van der Waals surface area contributed by atoms with Crippen molar-refractivity contribution in [1.29, 1.82) is 0 Å². The Morgan fingerprint density at radius 3 is 2.55 bits per heavy atom. The van der Waals surface area contributed by atoms with Crippen molar-refractivity contribution in [3.63, 3.8) is 0 Å². The summed E-state index contributed by atoms with van der Waals surface area (Å²) in [6, 6.07) is 4.99. The normalized spacial score (nSPS) is 11.1. The van der Waals surface area contributed by atoms with E-state index in [9.17, 15) is 9.59 Å². The van der Waals surface area contributed by atoms with E-state index in [1.54, 1.807) is 23.1 Å². The fourth-order valence-electron chi connectivity index (χ4n) is 1.77. The van der Waals surface area contributed by atoms with E-state index in [0.717, 1.165) is 12.7 Å². The molecule has 0 fully saturated rings. The topological polar surface area (TPSA) is 46.6 Å². The van der Waals surface area contributed by atoms with Gasteiger partial charge in [0, 0.05) is 17.6 Å². The van der Waals surface area contributed by atoms with Gasteiger partial charge >= 0.3 is 6.09 Å². The van der Waals surface area contributed by atoms with Gasteiger partial charge in [-0.25, -0.2) is 4.79 Å². The number of aldehydes is 1. The van der Waals surface area contributed by atoms with Crippen molar-refractivity contribution in [2.75, 3.05) is 6.54 Å². The monoisotopic (exact) mass is 341 g/mol. The summed E-state index contributed by atoms with van der Waals surface area (Å²) >= 11 is 3.28. The zero-order valence-corrected chi connectivity index (χ0v) is 13.9. The number of benzene rings is 1. The van der Waals surface area contributed by atoms with Crippen LogP contribution in [0.5, 0.6) is 5.75 Å². The number of hydrogen-bond donors (Lipinski definition) is 0. The quantitative estimate of drug-likeness (QED) is 0.768. The molecule has 0 radical (unpaired) electrons. The van der Waals surface area contributed by atoms with E-state index in [1.165, 1.54) is 0 Å². The summed E-state index contributed by atoms with van der Waals surface area (Å²) in [5.41, 5.74) is 0.134. The number of ether oxygens (including phenoxy) is 1. The molecule has 0 unspecified atom stereocenters. The summed E-state index contributed by atoms with van der Waals surface area (Å²) in [5.74, 6) is 0.352. The Balaban J connectivity index is 2.97. The van der Waals surface area contributed by atoms with E-state index in [1.807, 2.05) is 27.7 Å². The lowest BCUT2D eigenvalue weighted by molar-refractivity contribution is 0.106. The van der Waals surface area contributed by atoms with Crippen LogP contribution in [0.3, 0.4) is 0 Å². The molecule has 0 atom stereocenters. The zero-order valence-electron chi connectivity index (χ0n) is 12.3. The van der Waals surface area contributed by atoms with Crippen LogP contribution in [0.1, 0.15) is 44.5 Å². The van der Waals surface area contributed by atoms with Crippen LogP contribution >= 0.6 is 15.9 Å². The number of carbonyl (C=O) groups excluding carboxylic acids is 2. The Morgan fingerprint density at radius 1 is 1.40 bits per heavy atom. The van der Waals surface area contributed by atoms with Crippen molar-refractivity contribution in [2.24, 2.45) is 0 Å². The van der Waals surface area contributed by atoms with E-state index in [4.69, 9.17) is 4.74 Å². The van der Waals surface area contributed by atoms with Crippen LogP contribution in [0, 0.1) is 0 Å². The second-order valence-corrected chi connectivity index (χ2v) is 6.26. The second-order valence-electron chi connectivity index (χ2n) is 5.47. The first-order chi connectivity index (χ1) is 9.31. The number of amides is 1. The van der Waals surface area contributed by atoms with Crippen molar-refractivity contribution in [3.8, 4) is 5.75 Å².